The third kappa shape index (κ3) is 4.52. The van der Waals surface area contributed by atoms with E-state index in [1.54, 1.807) is 0 Å². The fourth-order valence-corrected chi connectivity index (χ4v) is 3.29. The van der Waals surface area contributed by atoms with Gasteiger partial charge in [0.05, 0.1) is 11.3 Å². The van der Waals surface area contributed by atoms with Crippen LogP contribution in [0.25, 0.3) is 10.9 Å². The van der Waals surface area contributed by atoms with Gasteiger partial charge in [0.25, 0.3) is 0 Å². The van der Waals surface area contributed by atoms with Crippen LogP contribution in [-0.4, -0.2) is 28.2 Å². The zero-order chi connectivity index (χ0) is 18.4. The smallest absolute Gasteiger partial charge is 0.230 e. The zero-order valence-electron chi connectivity index (χ0n) is 15.0. The molecule has 2 N–H and O–H groups in total. The van der Waals surface area contributed by atoms with Gasteiger partial charge in [-0.1, -0.05) is 48.2 Å². The van der Waals surface area contributed by atoms with E-state index in [1.165, 1.54) is 17.3 Å². The second-order valence-electron chi connectivity index (χ2n) is 5.89. The van der Waals surface area contributed by atoms with Gasteiger partial charge in [0.1, 0.15) is 5.82 Å². The molecular formula is C20H22N4OS. The standard InChI is InChI=1S/C20H22N4OS/c1-3-21-19-16-10-6-7-11-17(16)23-20(24-19)26-13-18(25)22-12-15-9-5-4-8-14(15)2/h4-11H,3,12-13H2,1-2H3,(H,22,25)(H,21,23,24). The van der Waals surface area contributed by atoms with E-state index >= 15 is 0 Å². The van der Waals surface area contributed by atoms with Gasteiger partial charge in [0, 0.05) is 18.5 Å². The molecule has 0 aliphatic heterocycles. The molecule has 0 aliphatic carbocycles. The van der Waals surface area contributed by atoms with Crippen LogP contribution >= 0.6 is 11.8 Å². The number of thioether (sulfide) groups is 1. The number of hydrogen-bond donors (Lipinski definition) is 2. The second kappa shape index (κ2) is 8.67. The van der Waals surface area contributed by atoms with E-state index in [-0.39, 0.29) is 11.7 Å². The van der Waals surface area contributed by atoms with Gasteiger partial charge in [-0.25, -0.2) is 9.97 Å². The van der Waals surface area contributed by atoms with Crippen molar-refractivity contribution in [1.82, 2.24) is 15.3 Å². The third-order valence-electron chi connectivity index (χ3n) is 4.00. The second-order valence-corrected chi connectivity index (χ2v) is 6.84. The molecule has 3 rings (SSSR count). The lowest BCUT2D eigenvalue weighted by Gasteiger charge is -2.10. The highest BCUT2D eigenvalue weighted by Crippen LogP contribution is 2.24. The molecule has 134 valence electrons. The summed E-state index contributed by atoms with van der Waals surface area (Å²) < 4.78 is 0. The normalized spacial score (nSPS) is 10.7. The van der Waals surface area contributed by atoms with E-state index in [1.807, 2.05) is 62.4 Å². The topological polar surface area (TPSA) is 66.9 Å². The minimum Gasteiger partial charge on any atom is -0.370 e. The van der Waals surface area contributed by atoms with Gasteiger partial charge in [-0.3, -0.25) is 4.79 Å². The molecular weight excluding hydrogens is 344 g/mol. The lowest BCUT2D eigenvalue weighted by atomic mass is 10.1. The van der Waals surface area contributed by atoms with Crippen LogP contribution in [0.2, 0.25) is 0 Å². The monoisotopic (exact) mass is 366 g/mol. The number of hydrogen-bond acceptors (Lipinski definition) is 5. The van der Waals surface area contributed by atoms with E-state index in [2.05, 4.69) is 20.6 Å². The van der Waals surface area contributed by atoms with Crippen LogP contribution in [0.1, 0.15) is 18.1 Å². The van der Waals surface area contributed by atoms with Crippen molar-refractivity contribution in [2.24, 2.45) is 0 Å². The molecule has 3 aromatic rings. The Balaban J connectivity index is 1.63. The Morgan fingerprint density at radius 1 is 1.08 bits per heavy atom. The van der Waals surface area contributed by atoms with E-state index in [4.69, 9.17) is 0 Å². The zero-order valence-corrected chi connectivity index (χ0v) is 15.8. The van der Waals surface area contributed by atoms with E-state index in [9.17, 15) is 4.79 Å². The molecule has 0 unspecified atom stereocenters. The number of rotatable bonds is 7. The van der Waals surface area contributed by atoms with Crippen molar-refractivity contribution in [2.45, 2.75) is 25.5 Å². The number of aromatic nitrogens is 2. The Labute approximate surface area is 157 Å². The quantitative estimate of drug-likeness (QED) is 0.492. The first-order valence-electron chi connectivity index (χ1n) is 8.62. The average molecular weight is 366 g/mol. The summed E-state index contributed by atoms with van der Waals surface area (Å²) >= 11 is 1.35. The molecule has 0 atom stereocenters. The molecule has 0 aliphatic rings. The largest absolute Gasteiger partial charge is 0.370 e. The van der Waals surface area contributed by atoms with Gasteiger partial charge in [0.2, 0.25) is 5.91 Å². The van der Waals surface area contributed by atoms with Crippen LogP contribution < -0.4 is 10.6 Å². The molecule has 1 heterocycles. The van der Waals surface area contributed by atoms with Crippen LogP contribution in [0.3, 0.4) is 0 Å². The Morgan fingerprint density at radius 3 is 2.65 bits per heavy atom. The Kier molecular flexibility index (Phi) is 6.07. The predicted octanol–water partition coefficient (Wildman–Crippen LogP) is 3.78. The number of benzene rings is 2. The molecule has 0 fully saturated rings. The molecule has 0 saturated heterocycles. The first-order valence-corrected chi connectivity index (χ1v) is 9.60. The molecule has 26 heavy (non-hydrogen) atoms. The lowest BCUT2D eigenvalue weighted by molar-refractivity contribution is -0.118. The molecule has 1 aromatic heterocycles. The molecule has 5 nitrogen and oxygen atoms in total. The number of aryl methyl sites for hydroxylation is 1. The Bertz CT molecular complexity index is 913. The predicted molar refractivity (Wildman–Crippen MR) is 107 cm³/mol. The SMILES string of the molecule is CCNc1nc(SCC(=O)NCc2ccccc2C)nc2ccccc12. The number of para-hydroxylation sites is 1. The summed E-state index contributed by atoms with van der Waals surface area (Å²) in [4.78, 5) is 21.3. The number of amides is 1. The maximum Gasteiger partial charge on any atom is 0.230 e. The van der Waals surface area contributed by atoms with Crippen molar-refractivity contribution in [3.05, 3.63) is 59.7 Å². The summed E-state index contributed by atoms with van der Waals surface area (Å²) in [5.74, 6) is 1.07. The van der Waals surface area contributed by atoms with E-state index < -0.39 is 0 Å². The minimum absolute atomic E-state index is 0.0278. The van der Waals surface area contributed by atoms with Gasteiger partial charge in [-0.05, 0) is 37.1 Å². The van der Waals surface area contributed by atoms with Crippen molar-refractivity contribution in [1.29, 1.82) is 0 Å². The fourth-order valence-electron chi connectivity index (χ4n) is 2.61. The van der Waals surface area contributed by atoms with Gasteiger partial charge in [-0.2, -0.15) is 0 Å². The summed E-state index contributed by atoms with van der Waals surface area (Å²) in [6.07, 6.45) is 0. The minimum atomic E-state index is -0.0278. The molecule has 1 amide bonds. The molecule has 0 bridgehead atoms. The first-order chi connectivity index (χ1) is 12.7. The Hall–Kier alpha value is -2.60. The van der Waals surface area contributed by atoms with E-state index in [0.717, 1.165) is 28.8 Å². The van der Waals surface area contributed by atoms with Gasteiger partial charge >= 0.3 is 0 Å². The first kappa shape index (κ1) is 18.2. The van der Waals surface area contributed by atoms with E-state index in [0.29, 0.717) is 11.7 Å². The molecule has 0 radical (unpaired) electrons. The van der Waals surface area contributed by atoms with Crippen LogP contribution in [-0.2, 0) is 11.3 Å². The molecule has 0 spiro atoms. The maximum absolute atomic E-state index is 12.2. The number of nitrogens with zero attached hydrogens (tertiary/aromatic N) is 2. The summed E-state index contributed by atoms with van der Waals surface area (Å²) in [5.41, 5.74) is 3.18. The van der Waals surface area contributed by atoms with Crippen molar-refractivity contribution in [3.63, 3.8) is 0 Å². The maximum atomic E-state index is 12.2. The third-order valence-corrected chi connectivity index (χ3v) is 4.84. The lowest BCUT2D eigenvalue weighted by Crippen LogP contribution is -2.25. The van der Waals surface area contributed by atoms with Crippen LogP contribution in [0.15, 0.2) is 53.7 Å². The number of carbonyl (C=O) groups is 1. The van der Waals surface area contributed by atoms with Gasteiger partial charge in [0.15, 0.2) is 5.16 Å². The average Bonchev–Trinajstić information content (AvgIpc) is 2.66. The van der Waals surface area contributed by atoms with Crippen LogP contribution in [0.5, 0.6) is 0 Å². The highest BCUT2D eigenvalue weighted by molar-refractivity contribution is 7.99. The molecule has 2 aromatic carbocycles. The summed E-state index contributed by atoms with van der Waals surface area (Å²) in [6, 6.07) is 15.9. The molecule has 0 saturated carbocycles. The van der Waals surface area contributed by atoms with Crippen LogP contribution in [0.4, 0.5) is 5.82 Å². The van der Waals surface area contributed by atoms with Crippen molar-refractivity contribution < 1.29 is 4.79 Å². The van der Waals surface area contributed by atoms with Gasteiger partial charge < -0.3 is 10.6 Å². The number of carbonyl (C=O) groups excluding carboxylic acids is 1. The number of fused-ring (bicyclic) bond motifs is 1. The van der Waals surface area contributed by atoms with Crippen molar-refractivity contribution in [2.75, 3.05) is 17.6 Å². The summed E-state index contributed by atoms with van der Waals surface area (Å²) in [7, 11) is 0. The number of anilines is 1. The fraction of sp³-hybridized carbons (Fsp3) is 0.250. The summed E-state index contributed by atoms with van der Waals surface area (Å²) in [5, 5.41) is 7.81. The molecule has 6 heteroatoms. The highest BCUT2D eigenvalue weighted by atomic mass is 32.2. The van der Waals surface area contributed by atoms with Crippen molar-refractivity contribution in [3.8, 4) is 0 Å². The van der Waals surface area contributed by atoms with Gasteiger partial charge in [-0.15, -0.1) is 0 Å². The Morgan fingerprint density at radius 2 is 1.85 bits per heavy atom. The van der Waals surface area contributed by atoms with Crippen LogP contribution in [0, 0.1) is 6.92 Å². The van der Waals surface area contributed by atoms with Crippen molar-refractivity contribution >= 4 is 34.4 Å². The highest BCUT2D eigenvalue weighted by Gasteiger charge is 2.10. The number of nitrogens with one attached hydrogen (secondary N) is 2. The summed E-state index contributed by atoms with van der Waals surface area (Å²) in [6.45, 7) is 5.39.